The molecule has 19 heavy (non-hydrogen) atoms. The second-order valence-electron chi connectivity index (χ2n) is 5.23. The highest BCUT2D eigenvalue weighted by atomic mass is 16.6. The number of rotatable bonds is 2. The van der Waals surface area contributed by atoms with E-state index < -0.39 is 0 Å². The fourth-order valence-electron chi connectivity index (χ4n) is 2.46. The van der Waals surface area contributed by atoms with Crippen molar-refractivity contribution >= 4 is 11.8 Å². The molecule has 1 unspecified atom stereocenters. The second-order valence-corrected chi connectivity index (χ2v) is 5.23. The van der Waals surface area contributed by atoms with Crippen LogP contribution in [0.4, 0.5) is 10.5 Å². The van der Waals surface area contributed by atoms with E-state index in [1.807, 2.05) is 39.1 Å². The fraction of sp³-hybridized carbons (Fsp3) is 0.533. The molecule has 1 aliphatic rings. The van der Waals surface area contributed by atoms with Gasteiger partial charge >= 0.3 is 6.09 Å². The highest BCUT2D eigenvalue weighted by Crippen LogP contribution is 2.21. The van der Waals surface area contributed by atoms with Gasteiger partial charge in [0.1, 0.15) is 0 Å². The third kappa shape index (κ3) is 3.47. The maximum atomic E-state index is 12.0. The number of carbonyl (C=O) groups is 1. The topological polar surface area (TPSA) is 41.6 Å². The van der Waals surface area contributed by atoms with Gasteiger partial charge in [0.15, 0.2) is 6.23 Å². The summed E-state index contributed by atoms with van der Waals surface area (Å²) < 4.78 is 5.49. The fourth-order valence-corrected chi connectivity index (χ4v) is 2.46. The number of amides is 1. The second kappa shape index (κ2) is 6.06. The summed E-state index contributed by atoms with van der Waals surface area (Å²) >= 11 is 0. The Balaban J connectivity index is 1.97. The van der Waals surface area contributed by atoms with Crippen LogP contribution in [-0.4, -0.2) is 30.8 Å². The molecule has 0 aromatic heterocycles. The Morgan fingerprint density at radius 3 is 2.63 bits per heavy atom. The average molecular weight is 262 g/mol. The lowest BCUT2D eigenvalue weighted by molar-refractivity contribution is -0.0160. The third-order valence-corrected chi connectivity index (χ3v) is 3.65. The molecular weight excluding hydrogens is 240 g/mol. The van der Waals surface area contributed by atoms with Crippen molar-refractivity contribution in [1.82, 2.24) is 4.90 Å². The predicted octanol–water partition coefficient (Wildman–Crippen LogP) is 3.29. The summed E-state index contributed by atoms with van der Waals surface area (Å²) in [5.41, 5.74) is 2.95. The zero-order valence-electron chi connectivity index (χ0n) is 11.9. The van der Waals surface area contributed by atoms with Crippen LogP contribution < -0.4 is 5.32 Å². The molecule has 4 nitrogen and oxygen atoms in total. The minimum Gasteiger partial charge on any atom is -0.430 e. The van der Waals surface area contributed by atoms with Gasteiger partial charge < -0.3 is 4.74 Å². The lowest BCUT2D eigenvalue weighted by atomic mass is 10.1. The van der Waals surface area contributed by atoms with Crippen molar-refractivity contribution in [3.63, 3.8) is 0 Å². The molecule has 1 fully saturated rings. The van der Waals surface area contributed by atoms with Crippen LogP contribution in [0.3, 0.4) is 0 Å². The third-order valence-electron chi connectivity index (χ3n) is 3.65. The monoisotopic (exact) mass is 262 g/mol. The quantitative estimate of drug-likeness (QED) is 0.889. The molecule has 1 aromatic carbocycles. The first-order valence-corrected chi connectivity index (χ1v) is 6.82. The van der Waals surface area contributed by atoms with Crippen LogP contribution >= 0.6 is 0 Å². The SMILES string of the molecule is Cc1cccc(C)c1NC(=O)OC1CCCCN1C. The summed E-state index contributed by atoms with van der Waals surface area (Å²) in [6.45, 7) is 4.95. The van der Waals surface area contributed by atoms with Gasteiger partial charge in [0, 0.05) is 12.2 Å². The van der Waals surface area contributed by atoms with E-state index >= 15 is 0 Å². The summed E-state index contributed by atoms with van der Waals surface area (Å²) in [7, 11) is 2.00. The Hall–Kier alpha value is -1.55. The Kier molecular flexibility index (Phi) is 4.43. The molecule has 1 N–H and O–H groups in total. The number of para-hydroxylation sites is 1. The number of ether oxygens (including phenoxy) is 1. The maximum absolute atomic E-state index is 12.0. The van der Waals surface area contributed by atoms with Gasteiger partial charge in [-0.25, -0.2) is 4.79 Å². The number of nitrogens with one attached hydrogen (secondary N) is 1. The van der Waals surface area contributed by atoms with Crippen molar-refractivity contribution in [3.05, 3.63) is 29.3 Å². The molecule has 0 radical (unpaired) electrons. The molecule has 1 aliphatic heterocycles. The van der Waals surface area contributed by atoms with Gasteiger partial charge in [-0.15, -0.1) is 0 Å². The first-order chi connectivity index (χ1) is 9.08. The molecule has 1 amide bonds. The zero-order valence-corrected chi connectivity index (χ0v) is 11.9. The highest BCUT2D eigenvalue weighted by molar-refractivity contribution is 5.86. The summed E-state index contributed by atoms with van der Waals surface area (Å²) in [4.78, 5) is 14.1. The Morgan fingerprint density at radius 1 is 1.32 bits per heavy atom. The van der Waals surface area contributed by atoms with E-state index in [1.54, 1.807) is 0 Å². The minimum atomic E-state index is -0.365. The van der Waals surface area contributed by atoms with Crippen LogP contribution in [0.2, 0.25) is 0 Å². The van der Waals surface area contributed by atoms with E-state index in [0.717, 1.165) is 36.2 Å². The highest BCUT2D eigenvalue weighted by Gasteiger charge is 2.22. The van der Waals surface area contributed by atoms with Crippen LogP contribution in [-0.2, 0) is 4.74 Å². The van der Waals surface area contributed by atoms with Crippen molar-refractivity contribution in [1.29, 1.82) is 0 Å². The molecular formula is C15H22N2O2. The minimum absolute atomic E-state index is 0.0990. The van der Waals surface area contributed by atoms with Gasteiger partial charge in [-0.1, -0.05) is 18.2 Å². The van der Waals surface area contributed by atoms with E-state index in [4.69, 9.17) is 4.74 Å². The molecule has 1 atom stereocenters. The summed E-state index contributed by atoms with van der Waals surface area (Å²) in [6.07, 6.45) is 2.74. The molecule has 1 heterocycles. The number of anilines is 1. The summed E-state index contributed by atoms with van der Waals surface area (Å²) in [6, 6.07) is 5.95. The molecule has 0 spiro atoms. The van der Waals surface area contributed by atoms with Crippen molar-refractivity contribution in [2.24, 2.45) is 0 Å². The van der Waals surface area contributed by atoms with Crippen molar-refractivity contribution < 1.29 is 9.53 Å². The van der Waals surface area contributed by atoms with Crippen molar-refractivity contribution in [2.75, 3.05) is 18.9 Å². The Morgan fingerprint density at radius 2 is 2.00 bits per heavy atom. The van der Waals surface area contributed by atoms with Crippen LogP contribution in [0.25, 0.3) is 0 Å². The molecule has 1 saturated heterocycles. The average Bonchev–Trinajstić information content (AvgIpc) is 2.37. The molecule has 0 bridgehead atoms. The van der Waals surface area contributed by atoms with Crippen molar-refractivity contribution in [3.8, 4) is 0 Å². The first-order valence-electron chi connectivity index (χ1n) is 6.82. The van der Waals surface area contributed by atoms with Gasteiger partial charge in [-0.05, 0) is 51.3 Å². The number of piperidine rings is 1. The Bertz CT molecular complexity index is 439. The van der Waals surface area contributed by atoms with Crippen molar-refractivity contribution in [2.45, 2.75) is 39.3 Å². The lowest BCUT2D eigenvalue weighted by Gasteiger charge is -2.31. The predicted molar refractivity (Wildman–Crippen MR) is 76.3 cm³/mol. The van der Waals surface area contributed by atoms with Crippen LogP contribution in [0.5, 0.6) is 0 Å². The number of aryl methyl sites for hydroxylation is 2. The largest absolute Gasteiger partial charge is 0.430 e. The van der Waals surface area contributed by atoms with Gasteiger partial charge in [-0.2, -0.15) is 0 Å². The molecule has 104 valence electrons. The van der Waals surface area contributed by atoms with Gasteiger partial charge in [0.2, 0.25) is 0 Å². The van der Waals surface area contributed by atoms with Gasteiger partial charge in [-0.3, -0.25) is 10.2 Å². The van der Waals surface area contributed by atoms with Crippen LogP contribution in [0.15, 0.2) is 18.2 Å². The van der Waals surface area contributed by atoms with E-state index in [9.17, 15) is 4.79 Å². The van der Waals surface area contributed by atoms with E-state index in [1.165, 1.54) is 6.42 Å². The number of hydrogen-bond acceptors (Lipinski definition) is 3. The van der Waals surface area contributed by atoms with E-state index in [0.29, 0.717) is 0 Å². The lowest BCUT2D eigenvalue weighted by Crippen LogP contribution is -2.40. The molecule has 0 aliphatic carbocycles. The van der Waals surface area contributed by atoms with Gasteiger partial charge in [0.05, 0.1) is 0 Å². The number of likely N-dealkylation sites (tertiary alicyclic amines) is 1. The normalized spacial score (nSPS) is 20.1. The number of carbonyl (C=O) groups excluding carboxylic acids is 1. The van der Waals surface area contributed by atoms with Crippen LogP contribution in [0.1, 0.15) is 30.4 Å². The molecule has 1 aromatic rings. The maximum Gasteiger partial charge on any atom is 0.413 e. The van der Waals surface area contributed by atoms with E-state index in [2.05, 4.69) is 10.2 Å². The number of benzene rings is 1. The van der Waals surface area contributed by atoms with Gasteiger partial charge in [0.25, 0.3) is 0 Å². The molecule has 4 heteroatoms. The number of hydrogen-bond donors (Lipinski definition) is 1. The molecule has 2 rings (SSSR count). The number of nitrogens with zero attached hydrogens (tertiary/aromatic N) is 1. The zero-order chi connectivity index (χ0) is 13.8. The molecule has 0 saturated carbocycles. The Labute approximate surface area is 114 Å². The van der Waals surface area contributed by atoms with Crippen LogP contribution in [0, 0.1) is 13.8 Å². The standard InChI is InChI=1S/C15H22N2O2/c1-11-7-6-8-12(2)14(11)16-15(18)19-13-9-4-5-10-17(13)3/h6-8,13H,4-5,9-10H2,1-3H3,(H,16,18). The summed E-state index contributed by atoms with van der Waals surface area (Å²) in [5, 5.41) is 2.86. The van der Waals surface area contributed by atoms with E-state index in [-0.39, 0.29) is 12.3 Å². The smallest absolute Gasteiger partial charge is 0.413 e. The first kappa shape index (κ1) is 13.9. The summed E-state index contributed by atoms with van der Waals surface area (Å²) in [5.74, 6) is 0.